The van der Waals surface area contributed by atoms with Crippen LogP contribution in [0.25, 0.3) is 10.9 Å². The van der Waals surface area contributed by atoms with E-state index in [4.69, 9.17) is 0 Å². The minimum atomic E-state index is 1.07. The molecular weight excluding hydrogens is 138 g/mol. The molecule has 3 nitrogen and oxygen atoms in total. The van der Waals surface area contributed by atoms with Crippen molar-refractivity contribution in [2.45, 2.75) is 0 Å². The van der Waals surface area contributed by atoms with Crippen molar-refractivity contribution >= 4 is 16.6 Å². The van der Waals surface area contributed by atoms with Crippen molar-refractivity contribution in [3.63, 3.8) is 0 Å². The molecule has 0 fully saturated rings. The zero-order chi connectivity index (χ0) is 7.68. The van der Waals surface area contributed by atoms with Crippen LogP contribution in [0, 0.1) is 0 Å². The van der Waals surface area contributed by atoms with E-state index in [-0.39, 0.29) is 0 Å². The molecule has 0 aliphatic heterocycles. The molecule has 3 heteroatoms. The number of aromatic amines is 1. The molecule has 0 unspecified atom stereocenters. The van der Waals surface area contributed by atoms with Crippen LogP contribution in [0.1, 0.15) is 0 Å². The average molecular weight is 147 g/mol. The monoisotopic (exact) mass is 147 g/mol. The number of aromatic nitrogens is 2. The van der Waals surface area contributed by atoms with Crippen LogP contribution in [0.5, 0.6) is 0 Å². The van der Waals surface area contributed by atoms with Gasteiger partial charge in [-0.2, -0.15) is 5.10 Å². The number of H-pyrrole nitrogens is 1. The van der Waals surface area contributed by atoms with Crippen LogP contribution in [0.4, 0.5) is 5.69 Å². The van der Waals surface area contributed by atoms with Gasteiger partial charge in [0.15, 0.2) is 0 Å². The van der Waals surface area contributed by atoms with Gasteiger partial charge in [0, 0.05) is 18.1 Å². The Balaban J connectivity index is 2.67. The van der Waals surface area contributed by atoms with Gasteiger partial charge >= 0.3 is 0 Å². The Morgan fingerprint density at radius 1 is 1.45 bits per heavy atom. The van der Waals surface area contributed by atoms with Gasteiger partial charge in [-0.25, -0.2) is 0 Å². The molecule has 0 saturated carbocycles. The van der Waals surface area contributed by atoms with Gasteiger partial charge in [-0.1, -0.05) is 0 Å². The molecule has 2 aromatic rings. The van der Waals surface area contributed by atoms with Crippen LogP contribution in [-0.2, 0) is 0 Å². The minimum absolute atomic E-state index is 1.07. The van der Waals surface area contributed by atoms with Gasteiger partial charge in [0.25, 0.3) is 0 Å². The fourth-order valence-electron chi connectivity index (χ4n) is 1.09. The Kier molecular flexibility index (Phi) is 1.28. The van der Waals surface area contributed by atoms with E-state index in [9.17, 15) is 0 Å². The molecule has 0 amide bonds. The van der Waals surface area contributed by atoms with Gasteiger partial charge in [0.2, 0.25) is 0 Å². The summed E-state index contributed by atoms with van der Waals surface area (Å²) in [4.78, 5) is 0. The third-order valence-corrected chi connectivity index (χ3v) is 1.73. The summed E-state index contributed by atoms with van der Waals surface area (Å²) in [5.41, 5.74) is 2.17. The molecule has 0 aliphatic carbocycles. The molecule has 0 atom stereocenters. The maximum Gasteiger partial charge on any atom is 0.0670 e. The number of hydrogen-bond donors (Lipinski definition) is 2. The standard InChI is InChI=1S/C8H9N3/c1-9-7-3-2-6-5-10-11-8(6)4-7/h2-5,9H,1H3,(H,10,11). The summed E-state index contributed by atoms with van der Waals surface area (Å²) < 4.78 is 0. The summed E-state index contributed by atoms with van der Waals surface area (Å²) in [5.74, 6) is 0. The van der Waals surface area contributed by atoms with Gasteiger partial charge in [0.05, 0.1) is 11.7 Å². The van der Waals surface area contributed by atoms with Gasteiger partial charge in [-0.05, 0) is 18.2 Å². The van der Waals surface area contributed by atoms with Crippen molar-refractivity contribution in [1.29, 1.82) is 0 Å². The van der Waals surface area contributed by atoms with Gasteiger partial charge < -0.3 is 5.32 Å². The molecule has 56 valence electrons. The molecule has 0 saturated heterocycles. The summed E-state index contributed by atoms with van der Waals surface area (Å²) in [5, 5.41) is 11.0. The molecule has 0 radical (unpaired) electrons. The Bertz CT molecular complexity index is 364. The lowest BCUT2D eigenvalue weighted by atomic mass is 10.2. The second kappa shape index (κ2) is 2.27. The third kappa shape index (κ3) is 0.941. The first kappa shape index (κ1) is 6.22. The van der Waals surface area contributed by atoms with Crippen LogP contribution < -0.4 is 5.32 Å². The molecule has 2 rings (SSSR count). The predicted molar refractivity (Wildman–Crippen MR) is 45.6 cm³/mol. The highest BCUT2D eigenvalue weighted by atomic mass is 15.1. The highest BCUT2D eigenvalue weighted by molar-refractivity contribution is 5.81. The normalized spacial score (nSPS) is 10.3. The number of nitrogens with zero attached hydrogens (tertiary/aromatic N) is 1. The zero-order valence-electron chi connectivity index (χ0n) is 6.26. The van der Waals surface area contributed by atoms with Crippen LogP contribution in [0.2, 0.25) is 0 Å². The maximum atomic E-state index is 3.92. The molecule has 0 aliphatic rings. The number of anilines is 1. The van der Waals surface area contributed by atoms with Crippen molar-refractivity contribution < 1.29 is 0 Å². The fraction of sp³-hybridized carbons (Fsp3) is 0.125. The largest absolute Gasteiger partial charge is 0.388 e. The van der Waals surface area contributed by atoms with Crippen molar-refractivity contribution in [3.05, 3.63) is 24.4 Å². The first-order valence-electron chi connectivity index (χ1n) is 3.51. The lowest BCUT2D eigenvalue weighted by molar-refractivity contribution is 1.12. The molecular formula is C8H9N3. The number of rotatable bonds is 1. The van der Waals surface area contributed by atoms with E-state index in [0.717, 1.165) is 16.6 Å². The molecule has 1 aromatic carbocycles. The van der Waals surface area contributed by atoms with Gasteiger partial charge in [-0.3, -0.25) is 5.10 Å². The fourth-order valence-corrected chi connectivity index (χ4v) is 1.09. The molecule has 0 bridgehead atoms. The lowest BCUT2D eigenvalue weighted by Crippen LogP contribution is -1.85. The van der Waals surface area contributed by atoms with Crippen LogP contribution in [0.3, 0.4) is 0 Å². The van der Waals surface area contributed by atoms with Gasteiger partial charge in [0.1, 0.15) is 0 Å². The summed E-state index contributed by atoms with van der Waals surface area (Å²) in [6.07, 6.45) is 1.81. The van der Waals surface area contributed by atoms with Crippen molar-refractivity contribution in [2.75, 3.05) is 12.4 Å². The smallest absolute Gasteiger partial charge is 0.0670 e. The van der Waals surface area contributed by atoms with E-state index < -0.39 is 0 Å². The minimum Gasteiger partial charge on any atom is -0.388 e. The zero-order valence-corrected chi connectivity index (χ0v) is 6.26. The molecule has 0 spiro atoms. The lowest BCUT2D eigenvalue weighted by Gasteiger charge is -1.97. The Morgan fingerprint density at radius 3 is 3.18 bits per heavy atom. The van der Waals surface area contributed by atoms with Crippen LogP contribution in [0.15, 0.2) is 24.4 Å². The highest BCUT2D eigenvalue weighted by Gasteiger charge is 1.94. The van der Waals surface area contributed by atoms with Crippen LogP contribution in [-0.4, -0.2) is 17.2 Å². The van der Waals surface area contributed by atoms with Crippen molar-refractivity contribution in [2.24, 2.45) is 0 Å². The quantitative estimate of drug-likeness (QED) is 0.643. The number of benzene rings is 1. The summed E-state index contributed by atoms with van der Waals surface area (Å²) in [6, 6.07) is 6.09. The summed E-state index contributed by atoms with van der Waals surface area (Å²) in [7, 11) is 1.90. The highest BCUT2D eigenvalue weighted by Crippen LogP contribution is 2.15. The number of fused-ring (bicyclic) bond motifs is 1. The molecule has 2 N–H and O–H groups in total. The number of nitrogens with one attached hydrogen (secondary N) is 2. The van der Waals surface area contributed by atoms with E-state index in [1.807, 2.05) is 31.4 Å². The molecule has 1 heterocycles. The van der Waals surface area contributed by atoms with E-state index in [1.165, 1.54) is 0 Å². The Morgan fingerprint density at radius 2 is 2.36 bits per heavy atom. The van der Waals surface area contributed by atoms with E-state index in [2.05, 4.69) is 15.5 Å². The van der Waals surface area contributed by atoms with E-state index >= 15 is 0 Å². The van der Waals surface area contributed by atoms with Crippen molar-refractivity contribution in [3.8, 4) is 0 Å². The maximum absolute atomic E-state index is 3.92. The van der Waals surface area contributed by atoms with Gasteiger partial charge in [-0.15, -0.1) is 0 Å². The van der Waals surface area contributed by atoms with E-state index in [0.29, 0.717) is 0 Å². The van der Waals surface area contributed by atoms with Crippen LogP contribution >= 0.6 is 0 Å². The topological polar surface area (TPSA) is 40.7 Å². The third-order valence-electron chi connectivity index (χ3n) is 1.73. The number of hydrogen-bond acceptors (Lipinski definition) is 2. The van der Waals surface area contributed by atoms with Crippen molar-refractivity contribution in [1.82, 2.24) is 10.2 Å². The Hall–Kier alpha value is -1.51. The second-order valence-electron chi connectivity index (χ2n) is 2.42. The SMILES string of the molecule is CNc1ccc2cn[nH]c2c1. The predicted octanol–water partition coefficient (Wildman–Crippen LogP) is 1.60. The summed E-state index contributed by atoms with van der Waals surface area (Å²) >= 11 is 0. The summed E-state index contributed by atoms with van der Waals surface area (Å²) in [6.45, 7) is 0. The average Bonchev–Trinajstić information content (AvgIpc) is 2.50. The first-order valence-corrected chi connectivity index (χ1v) is 3.51. The second-order valence-corrected chi connectivity index (χ2v) is 2.42. The van der Waals surface area contributed by atoms with E-state index in [1.54, 1.807) is 0 Å². The first-order chi connectivity index (χ1) is 5.40. The molecule has 1 aromatic heterocycles. The molecule has 11 heavy (non-hydrogen) atoms. The Labute approximate surface area is 64.4 Å².